The molecule has 0 saturated carbocycles. The van der Waals surface area contributed by atoms with Crippen LogP contribution in [0.1, 0.15) is 12.0 Å². The van der Waals surface area contributed by atoms with Crippen LogP contribution in [-0.2, 0) is 9.59 Å². The van der Waals surface area contributed by atoms with Gasteiger partial charge < -0.3 is 15.0 Å². The van der Waals surface area contributed by atoms with Gasteiger partial charge in [0.05, 0.1) is 11.6 Å². The van der Waals surface area contributed by atoms with Crippen LogP contribution < -0.4 is 10.1 Å². The minimum Gasteiger partial charge on any atom is -0.482 e. The fourth-order valence-corrected chi connectivity index (χ4v) is 2.29. The molecule has 1 saturated heterocycles. The van der Waals surface area contributed by atoms with Gasteiger partial charge in [0.1, 0.15) is 5.75 Å². The summed E-state index contributed by atoms with van der Waals surface area (Å²) < 4.78 is 41.7. The maximum atomic E-state index is 12.3. The molecular formula is C15H17F3N2O3. The van der Waals surface area contributed by atoms with Gasteiger partial charge in [-0.25, -0.2) is 0 Å². The van der Waals surface area contributed by atoms with Gasteiger partial charge in [0.15, 0.2) is 6.61 Å². The van der Waals surface area contributed by atoms with E-state index in [1.54, 1.807) is 20.0 Å². The molecule has 0 spiro atoms. The number of rotatable bonds is 4. The zero-order valence-corrected chi connectivity index (χ0v) is 12.7. The average molecular weight is 330 g/mol. The van der Waals surface area contributed by atoms with Crippen molar-refractivity contribution >= 4 is 17.5 Å². The van der Waals surface area contributed by atoms with E-state index in [1.165, 1.54) is 17.0 Å². The third-order valence-corrected chi connectivity index (χ3v) is 3.50. The quantitative estimate of drug-likeness (QED) is 0.922. The average Bonchev–Trinajstić information content (AvgIpc) is 2.78. The monoisotopic (exact) mass is 330 g/mol. The molecule has 1 heterocycles. The molecular weight excluding hydrogens is 313 g/mol. The van der Waals surface area contributed by atoms with Crippen molar-refractivity contribution in [2.75, 3.05) is 25.5 Å². The number of alkyl halides is 3. The van der Waals surface area contributed by atoms with Gasteiger partial charge in [0, 0.05) is 20.0 Å². The maximum absolute atomic E-state index is 12.3. The molecule has 0 unspecified atom stereocenters. The van der Waals surface area contributed by atoms with Gasteiger partial charge in [-0.3, -0.25) is 9.59 Å². The standard InChI is InChI=1S/C15H17F3N2O3/c1-9-3-4-11(12(5-9)23-8-15(16,17)18)19-14(22)10-6-13(21)20(2)7-10/h3-5,10H,6-8H2,1-2H3,(H,19,22)/t10-/m0/s1. The van der Waals surface area contributed by atoms with Crippen molar-refractivity contribution in [1.29, 1.82) is 0 Å². The first-order chi connectivity index (χ1) is 10.7. The Labute approximate surface area is 131 Å². The molecule has 0 aliphatic carbocycles. The van der Waals surface area contributed by atoms with Gasteiger partial charge >= 0.3 is 6.18 Å². The zero-order chi connectivity index (χ0) is 17.2. The molecule has 8 heteroatoms. The number of ether oxygens (including phenoxy) is 1. The summed E-state index contributed by atoms with van der Waals surface area (Å²) in [4.78, 5) is 25.1. The largest absolute Gasteiger partial charge is 0.482 e. The Kier molecular flexibility index (Phi) is 4.82. The van der Waals surface area contributed by atoms with E-state index in [4.69, 9.17) is 4.74 Å². The molecule has 1 aromatic carbocycles. The summed E-state index contributed by atoms with van der Waals surface area (Å²) in [6.45, 7) is 0.551. The van der Waals surface area contributed by atoms with Crippen molar-refractivity contribution in [1.82, 2.24) is 4.90 Å². The molecule has 1 N–H and O–H groups in total. The summed E-state index contributed by atoms with van der Waals surface area (Å²) in [6.07, 6.45) is -4.38. The lowest BCUT2D eigenvalue weighted by Crippen LogP contribution is -2.26. The Morgan fingerprint density at radius 2 is 2.13 bits per heavy atom. The summed E-state index contributed by atoms with van der Waals surface area (Å²) >= 11 is 0. The molecule has 5 nitrogen and oxygen atoms in total. The van der Waals surface area contributed by atoms with Crippen molar-refractivity contribution in [3.8, 4) is 5.75 Å². The number of anilines is 1. The molecule has 2 rings (SSSR count). The second-order valence-electron chi connectivity index (χ2n) is 5.57. The van der Waals surface area contributed by atoms with Crippen LogP contribution in [0.25, 0.3) is 0 Å². The van der Waals surface area contributed by atoms with Crippen LogP contribution >= 0.6 is 0 Å². The van der Waals surface area contributed by atoms with Crippen LogP contribution in [0.15, 0.2) is 18.2 Å². The summed E-state index contributed by atoms with van der Waals surface area (Å²) in [5.74, 6) is -1.12. The second kappa shape index (κ2) is 6.47. The summed E-state index contributed by atoms with van der Waals surface area (Å²) in [5.41, 5.74) is 0.864. The molecule has 0 bridgehead atoms. The number of carbonyl (C=O) groups excluding carboxylic acids is 2. The summed E-state index contributed by atoms with van der Waals surface area (Å²) in [7, 11) is 1.60. The number of nitrogens with zero attached hydrogens (tertiary/aromatic N) is 1. The van der Waals surface area contributed by atoms with E-state index in [0.29, 0.717) is 5.56 Å². The van der Waals surface area contributed by atoms with Crippen LogP contribution in [0.3, 0.4) is 0 Å². The number of carbonyl (C=O) groups is 2. The molecule has 23 heavy (non-hydrogen) atoms. The highest BCUT2D eigenvalue weighted by atomic mass is 19.4. The van der Waals surface area contributed by atoms with Gasteiger partial charge in [-0.2, -0.15) is 13.2 Å². The van der Waals surface area contributed by atoms with E-state index in [2.05, 4.69) is 5.32 Å². The third kappa shape index (κ3) is 4.61. The number of likely N-dealkylation sites (tertiary alicyclic amines) is 1. The van der Waals surface area contributed by atoms with Gasteiger partial charge in [-0.1, -0.05) is 6.07 Å². The van der Waals surface area contributed by atoms with Crippen molar-refractivity contribution in [3.63, 3.8) is 0 Å². The number of hydrogen-bond donors (Lipinski definition) is 1. The highest BCUT2D eigenvalue weighted by molar-refractivity contribution is 5.98. The van der Waals surface area contributed by atoms with Crippen molar-refractivity contribution in [2.45, 2.75) is 19.5 Å². The number of aryl methyl sites for hydroxylation is 1. The predicted octanol–water partition coefficient (Wildman–Crippen LogP) is 2.35. The van der Waals surface area contributed by atoms with Crippen LogP contribution in [0.4, 0.5) is 18.9 Å². The zero-order valence-electron chi connectivity index (χ0n) is 12.7. The fourth-order valence-electron chi connectivity index (χ4n) is 2.29. The SMILES string of the molecule is Cc1ccc(NC(=O)[C@H]2CC(=O)N(C)C2)c(OCC(F)(F)F)c1. The first kappa shape index (κ1) is 17.1. The highest BCUT2D eigenvalue weighted by Gasteiger charge is 2.33. The normalized spacial score (nSPS) is 18.2. The molecule has 0 aromatic heterocycles. The van der Waals surface area contributed by atoms with E-state index in [0.717, 1.165) is 0 Å². The van der Waals surface area contributed by atoms with Gasteiger partial charge in [-0.05, 0) is 24.6 Å². The van der Waals surface area contributed by atoms with Crippen LogP contribution in [-0.4, -0.2) is 43.1 Å². The smallest absolute Gasteiger partial charge is 0.422 e. The maximum Gasteiger partial charge on any atom is 0.422 e. The lowest BCUT2D eigenvalue weighted by molar-refractivity contribution is -0.153. The minimum absolute atomic E-state index is 0.0478. The van der Waals surface area contributed by atoms with Crippen LogP contribution in [0.2, 0.25) is 0 Å². The predicted molar refractivity (Wildman–Crippen MR) is 77.1 cm³/mol. The fraction of sp³-hybridized carbons (Fsp3) is 0.467. The van der Waals surface area contributed by atoms with Gasteiger partial charge in [0.2, 0.25) is 11.8 Å². The Balaban J connectivity index is 2.10. The minimum atomic E-state index is -4.47. The Hall–Kier alpha value is -2.25. The number of halogens is 3. The molecule has 1 fully saturated rings. The van der Waals surface area contributed by atoms with E-state index < -0.39 is 24.6 Å². The van der Waals surface area contributed by atoms with Gasteiger partial charge in [-0.15, -0.1) is 0 Å². The molecule has 126 valence electrons. The lowest BCUT2D eigenvalue weighted by atomic mass is 10.1. The summed E-state index contributed by atoms with van der Waals surface area (Å²) in [5, 5.41) is 2.55. The first-order valence-electron chi connectivity index (χ1n) is 7.01. The van der Waals surface area contributed by atoms with Crippen molar-refractivity contribution in [2.24, 2.45) is 5.92 Å². The number of hydrogen-bond acceptors (Lipinski definition) is 3. The van der Waals surface area contributed by atoms with Gasteiger partial charge in [0.25, 0.3) is 0 Å². The first-order valence-corrected chi connectivity index (χ1v) is 7.01. The van der Waals surface area contributed by atoms with E-state index in [1.807, 2.05) is 0 Å². The van der Waals surface area contributed by atoms with Crippen LogP contribution in [0, 0.1) is 12.8 Å². The Morgan fingerprint density at radius 1 is 1.43 bits per heavy atom. The van der Waals surface area contributed by atoms with E-state index >= 15 is 0 Å². The molecule has 1 atom stereocenters. The number of amides is 2. The number of benzene rings is 1. The lowest BCUT2D eigenvalue weighted by Gasteiger charge is -2.16. The van der Waals surface area contributed by atoms with E-state index in [-0.39, 0.29) is 30.3 Å². The van der Waals surface area contributed by atoms with Crippen LogP contribution in [0.5, 0.6) is 5.75 Å². The van der Waals surface area contributed by atoms with E-state index in [9.17, 15) is 22.8 Å². The molecule has 2 amide bonds. The molecule has 1 aliphatic rings. The topological polar surface area (TPSA) is 58.6 Å². The summed E-state index contributed by atoms with van der Waals surface area (Å²) in [6, 6.07) is 4.56. The van der Waals surface area contributed by atoms with Crippen molar-refractivity contribution in [3.05, 3.63) is 23.8 Å². The second-order valence-corrected chi connectivity index (χ2v) is 5.57. The Morgan fingerprint density at radius 3 is 2.70 bits per heavy atom. The number of nitrogens with one attached hydrogen (secondary N) is 1. The molecule has 1 aromatic rings. The molecule has 1 aliphatic heterocycles. The highest BCUT2D eigenvalue weighted by Crippen LogP contribution is 2.29. The van der Waals surface area contributed by atoms with Crippen molar-refractivity contribution < 1.29 is 27.5 Å². The third-order valence-electron chi connectivity index (χ3n) is 3.50. The molecule has 0 radical (unpaired) electrons. The Bertz CT molecular complexity index is 616.